The van der Waals surface area contributed by atoms with Gasteiger partial charge < -0.3 is 19.8 Å². The van der Waals surface area contributed by atoms with E-state index in [0.717, 1.165) is 51.1 Å². The summed E-state index contributed by atoms with van der Waals surface area (Å²) in [5, 5.41) is 9.59. The van der Waals surface area contributed by atoms with Crippen molar-refractivity contribution >= 4 is 57.0 Å². The number of allylic oxidation sites excluding steroid dienone is 2. The molecule has 45 heavy (non-hydrogen) atoms. The molecule has 3 atom stereocenters. The number of aromatic nitrogens is 4. The van der Waals surface area contributed by atoms with E-state index in [1.807, 2.05) is 45.9 Å². The largest absolute Gasteiger partial charge is 2.00 e. The fourth-order valence-corrected chi connectivity index (χ4v) is 6.93. The van der Waals surface area contributed by atoms with Crippen LogP contribution in [-0.2, 0) is 33.8 Å². The molecule has 0 saturated heterocycles. The molecule has 1 aliphatic carbocycles. The molecule has 0 spiro atoms. The van der Waals surface area contributed by atoms with E-state index in [9.17, 15) is 19.5 Å². The van der Waals surface area contributed by atoms with Gasteiger partial charge in [-0.25, -0.2) is 4.98 Å². The zero-order valence-electron chi connectivity index (χ0n) is 26.4. The standard InChI is InChI=1S/C35H36N4O5.Zn/c1-8-19-15(3)22-12-24-17(5)21(10-11-28(40)41)32(38-24)30-31(35(43)44-7)34(42)29-18(6)25(39-33(29)30)14-27-20(9-2)16(4)23(37-27)13-26(19)36-22;/h8,12-14,17,21,31H,1,9-11H2,2-7H3,(H3,36,37,38,39,40,41,42);/q;+2/p-2/t17-,21-,31+;/m0./s1. The normalized spacial score (nSPS) is 18.6. The number of aryl methyl sites for hydroxylation is 2. The number of carboxylic acid groups (broad SMARTS) is 1. The third-order valence-electron chi connectivity index (χ3n) is 9.41. The minimum Gasteiger partial charge on any atom is -0.657 e. The van der Waals surface area contributed by atoms with E-state index >= 15 is 0 Å². The monoisotopic (exact) mass is 654 g/mol. The number of rotatable bonds is 6. The van der Waals surface area contributed by atoms with E-state index in [1.165, 1.54) is 7.11 Å². The van der Waals surface area contributed by atoms with E-state index < -0.39 is 17.9 Å². The van der Waals surface area contributed by atoms with Crippen molar-refractivity contribution in [2.45, 2.75) is 71.6 Å². The van der Waals surface area contributed by atoms with Gasteiger partial charge in [0.1, 0.15) is 5.92 Å². The summed E-state index contributed by atoms with van der Waals surface area (Å²) in [5.41, 5.74) is 10.6. The zero-order valence-corrected chi connectivity index (χ0v) is 29.4. The number of methoxy groups -OCH3 is 1. The molecule has 0 unspecified atom stereocenters. The van der Waals surface area contributed by atoms with Crippen LogP contribution < -0.4 is 9.97 Å². The second-order valence-corrected chi connectivity index (χ2v) is 11.7. The van der Waals surface area contributed by atoms with Crippen LogP contribution in [0.1, 0.15) is 113 Å². The molecule has 3 aliphatic rings. The number of nitrogens with zero attached hydrogens (tertiary/aromatic N) is 4. The van der Waals surface area contributed by atoms with Gasteiger partial charge in [-0.1, -0.05) is 55.8 Å². The van der Waals surface area contributed by atoms with Gasteiger partial charge in [0.05, 0.1) is 18.5 Å². The number of aliphatic carboxylic acids is 1. The number of Topliss-reactive ketones (excluding diaryl/α,β-unsaturated/α-hetero) is 1. The number of carboxylic acids is 1. The van der Waals surface area contributed by atoms with Gasteiger partial charge in [0.15, 0.2) is 5.78 Å². The van der Waals surface area contributed by atoms with Gasteiger partial charge in [0.25, 0.3) is 0 Å². The number of esters is 1. The van der Waals surface area contributed by atoms with Gasteiger partial charge >= 0.3 is 31.4 Å². The molecule has 3 aromatic rings. The molecule has 8 bridgehead atoms. The van der Waals surface area contributed by atoms with Gasteiger partial charge in [0, 0.05) is 35.2 Å². The molecule has 3 aromatic heterocycles. The molecule has 0 radical (unpaired) electrons. The molecule has 5 heterocycles. The predicted octanol–water partition coefficient (Wildman–Crippen LogP) is 6.38. The Hall–Kier alpha value is -4.17. The van der Waals surface area contributed by atoms with Gasteiger partial charge in [-0.3, -0.25) is 19.4 Å². The van der Waals surface area contributed by atoms with Crippen LogP contribution in [0.4, 0.5) is 0 Å². The number of hydrogen-bond acceptors (Lipinski definition) is 6. The molecular formula is C35H34N4O5Zn. The first-order chi connectivity index (χ1) is 21.0. The Balaban J connectivity index is 0.00000400. The summed E-state index contributed by atoms with van der Waals surface area (Å²) >= 11 is 0. The molecule has 0 saturated carbocycles. The Morgan fingerprint density at radius 3 is 2.38 bits per heavy atom. The van der Waals surface area contributed by atoms with Gasteiger partial charge in [-0.15, -0.1) is 22.1 Å². The Kier molecular flexibility index (Phi) is 8.58. The minimum atomic E-state index is -1.23. The molecule has 2 aliphatic heterocycles. The smallest absolute Gasteiger partial charge is 0.657 e. The number of hydrogen-bond donors (Lipinski definition) is 1. The van der Waals surface area contributed by atoms with Crippen LogP contribution in [0.5, 0.6) is 0 Å². The number of carbonyl (C=O) groups is 3. The van der Waals surface area contributed by atoms with Crippen molar-refractivity contribution in [1.82, 2.24) is 19.9 Å². The molecule has 10 heteroatoms. The fraction of sp³-hybridized carbons (Fsp3) is 0.343. The van der Waals surface area contributed by atoms with Crippen molar-refractivity contribution in [3.05, 3.63) is 75.4 Å². The molecule has 1 N–H and O–H groups in total. The second kappa shape index (κ2) is 12.0. The van der Waals surface area contributed by atoms with E-state index in [2.05, 4.69) is 13.5 Å². The second-order valence-electron chi connectivity index (χ2n) is 11.7. The Labute approximate surface area is 274 Å². The van der Waals surface area contributed by atoms with Crippen LogP contribution in [0.2, 0.25) is 0 Å². The SMILES string of the molecule is C=Cc1c(C)c2cc3nc(c4c5[n-]c(cc6nc(cc1[n-]2)C(C)=C6CC)c(C)c5C(=O)[C@@H]4C(=O)OC)[C@@H](CCC(=O)O)[C@@H]3C.[Zn+2]. The molecule has 0 aromatic carbocycles. The summed E-state index contributed by atoms with van der Waals surface area (Å²) in [5.74, 6) is -3.82. The van der Waals surface area contributed by atoms with Crippen molar-refractivity contribution in [1.29, 1.82) is 0 Å². The van der Waals surface area contributed by atoms with Crippen LogP contribution >= 0.6 is 0 Å². The first-order valence-corrected chi connectivity index (χ1v) is 14.8. The summed E-state index contributed by atoms with van der Waals surface area (Å²) < 4.78 is 5.11. The maximum Gasteiger partial charge on any atom is 2.00 e. The zero-order chi connectivity index (χ0) is 31.6. The average molecular weight is 656 g/mol. The number of ether oxygens (including phenoxy) is 1. The van der Waals surface area contributed by atoms with Crippen LogP contribution in [0.3, 0.4) is 0 Å². The summed E-state index contributed by atoms with van der Waals surface area (Å²) in [6.45, 7) is 14.0. The van der Waals surface area contributed by atoms with Crippen LogP contribution in [0.15, 0.2) is 24.8 Å². The van der Waals surface area contributed by atoms with E-state index in [1.54, 1.807) is 6.08 Å². The number of fused-ring (bicyclic) bond motifs is 8. The van der Waals surface area contributed by atoms with Crippen molar-refractivity contribution in [3.63, 3.8) is 0 Å². The average Bonchev–Trinajstić information content (AvgIpc) is 3.72. The predicted molar refractivity (Wildman–Crippen MR) is 168 cm³/mol. The van der Waals surface area contributed by atoms with Gasteiger partial charge in [-0.2, -0.15) is 0 Å². The Bertz CT molecular complexity index is 2000. The van der Waals surface area contributed by atoms with Crippen molar-refractivity contribution in [2.75, 3.05) is 7.11 Å². The van der Waals surface area contributed by atoms with Crippen molar-refractivity contribution in [3.8, 4) is 0 Å². The van der Waals surface area contributed by atoms with Crippen LogP contribution in [0.25, 0.3) is 39.3 Å². The maximum absolute atomic E-state index is 14.0. The van der Waals surface area contributed by atoms with Gasteiger partial charge in [0.2, 0.25) is 0 Å². The topological polar surface area (TPSA) is 135 Å². The summed E-state index contributed by atoms with van der Waals surface area (Å²) in [7, 11) is 1.25. The number of ketones is 1. The number of carbonyl (C=O) groups excluding carboxylic acids is 2. The third-order valence-corrected chi connectivity index (χ3v) is 9.41. The summed E-state index contributed by atoms with van der Waals surface area (Å²) in [6, 6.07) is 5.80. The fourth-order valence-electron chi connectivity index (χ4n) is 6.93. The van der Waals surface area contributed by atoms with Crippen molar-refractivity contribution < 1.29 is 43.7 Å². The van der Waals surface area contributed by atoms with E-state index in [4.69, 9.17) is 24.7 Å². The quantitative estimate of drug-likeness (QED) is 0.182. The van der Waals surface area contributed by atoms with Crippen LogP contribution in [0, 0.1) is 13.8 Å². The molecule has 0 fully saturated rings. The van der Waals surface area contributed by atoms with Crippen LogP contribution in [-0.4, -0.2) is 39.9 Å². The van der Waals surface area contributed by atoms with E-state index in [0.29, 0.717) is 39.1 Å². The Morgan fingerprint density at radius 1 is 1.04 bits per heavy atom. The molecule has 6 rings (SSSR count). The maximum atomic E-state index is 14.0. The molecule has 9 nitrogen and oxygen atoms in total. The molecule has 226 valence electrons. The summed E-state index contributed by atoms with van der Waals surface area (Å²) in [6.07, 6.45) is 2.72. The van der Waals surface area contributed by atoms with E-state index in [-0.39, 0.29) is 49.9 Å². The third kappa shape index (κ3) is 5.00. The summed E-state index contributed by atoms with van der Waals surface area (Å²) in [4.78, 5) is 58.8. The minimum absolute atomic E-state index is 0. The van der Waals surface area contributed by atoms with Gasteiger partial charge in [-0.05, 0) is 55.9 Å². The van der Waals surface area contributed by atoms with Crippen molar-refractivity contribution in [2.24, 2.45) is 0 Å². The molecular weight excluding hydrogens is 622 g/mol. The molecule has 0 amide bonds. The first-order valence-electron chi connectivity index (χ1n) is 14.8. The Morgan fingerprint density at radius 2 is 1.73 bits per heavy atom. The first kappa shape index (κ1) is 32.2.